The largest absolute Gasteiger partial charge is 0.481 e. The van der Waals surface area contributed by atoms with Gasteiger partial charge in [0.2, 0.25) is 10.0 Å². The first kappa shape index (κ1) is 12.8. The molecule has 17 heavy (non-hydrogen) atoms. The molecule has 2 rings (SSSR count). The first-order chi connectivity index (χ1) is 8.01. The van der Waals surface area contributed by atoms with Crippen LogP contribution in [0.5, 0.6) is 0 Å². The van der Waals surface area contributed by atoms with Crippen molar-refractivity contribution >= 4 is 16.0 Å². The minimum Gasteiger partial charge on any atom is -0.481 e. The van der Waals surface area contributed by atoms with Crippen molar-refractivity contribution in [3.8, 4) is 0 Å². The van der Waals surface area contributed by atoms with Crippen molar-refractivity contribution < 1.29 is 18.3 Å². The number of hydrogen-bond acceptors (Lipinski definition) is 3. The van der Waals surface area contributed by atoms with E-state index in [0.29, 0.717) is 38.8 Å². The van der Waals surface area contributed by atoms with E-state index in [-0.39, 0.29) is 11.2 Å². The van der Waals surface area contributed by atoms with Gasteiger partial charge >= 0.3 is 5.97 Å². The standard InChI is InChI=1S/C11H19NO4S/c13-11(14)9-3-5-10(6-4-9)17(15,16)12-7-1-2-8-12/h9-10H,1-8H2,(H,13,14). The smallest absolute Gasteiger partial charge is 0.306 e. The molecule has 1 saturated carbocycles. The van der Waals surface area contributed by atoms with Gasteiger partial charge in [0.25, 0.3) is 0 Å². The van der Waals surface area contributed by atoms with Crippen LogP contribution >= 0.6 is 0 Å². The normalized spacial score (nSPS) is 31.5. The third kappa shape index (κ3) is 2.63. The Labute approximate surface area is 102 Å². The minimum absolute atomic E-state index is 0.347. The highest BCUT2D eigenvalue weighted by atomic mass is 32.2. The van der Waals surface area contributed by atoms with E-state index in [2.05, 4.69) is 0 Å². The Hall–Kier alpha value is -0.620. The van der Waals surface area contributed by atoms with Gasteiger partial charge in [-0.25, -0.2) is 12.7 Å². The van der Waals surface area contributed by atoms with Crippen molar-refractivity contribution in [1.29, 1.82) is 0 Å². The van der Waals surface area contributed by atoms with Crippen molar-refractivity contribution in [1.82, 2.24) is 4.31 Å². The van der Waals surface area contributed by atoms with E-state index in [1.807, 2.05) is 0 Å². The average molecular weight is 261 g/mol. The van der Waals surface area contributed by atoms with E-state index in [9.17, 15) is 13.2 Å². The van der Waals surface area contributed by atoms with E-state index >= 15 is 0 Å². The molecule has 0 radical (unpaired) electrons. The van der Waals surface area contributed by atoms with E-state index in [1.165, 1.54) is 0 Å². The van der Waals surface area contributed by atoms with Crippen LogP contribution < -0.4 is 0 Å². The van der Waals surface area contributed by atoms with E-state index < -0.39 is 16.0 Å². The van der Waals surface area contributed by atoms with E-state index in [0.717, 1.165) is 12.8 Å². The van der Waals surface area contributed by atoms with Crippen LogP contribution in [0, 0.1) is 5.92 Å². The topological polar surface area (TPSA) is 74.7 Å². The van der Waals surface area contributed by atoms with Crippen molar-refractivity contribution in [2.45, 2.75) is 43.8 Å². The second kappa shape index (κ2) is 4.94. The lowest BCUT2D eigenvalue weighted by Crippen LogP contribution is -2.39. The van der Waals surface area contributed by atoms with Crippen LogP contribution in [0.3, 0.4) is 0 Å². The monoisotopic (exact) mass is 261 g/mol. The predicted molar refractivity (Wildman–Crippen MR) is 63.1 cm³/mol. The highest BCUT2D eigenvalue weighted by Crippen LogP contribution is 2.31. The van der Waals surface area contributed by atoms with Crippen LogP contribution in [-0.4, -0.2) is 42.1 Å². The quantitative estimate of drug-likeness (QED) is 0.824. The van der Waals surface area contributed by atoms with Crippen LogP contribution in [-0.2, 0) is 14.8 Å². The van der Waals surface area contributed by atoms with Crippen molar-refractivity contribution in [3.63, 3.8) is 0 Å². The van der Waals surface area contributed by atoms with Gasteiger partial charge in [-0.2, -0.15) is 0 Å². The summed E-state index contributed by atoms with van der Waals surface area (Å²) in [5.41, 5.74) is 0. The van der Waals surface area contributed by atoms with Crippen molar-refractivity contribution in [3.05, 3.63) is 0 Å². The summed E-state index contributed by atoms with van der Waals surface area (Å²) in [4.78, 5) is 10.8. The summed E-state index contributed by atoms with van der Waals surface area (Å²) in [7, 11) is -3.17. The van der Waals surface area contributed by atoms with Crippen LogP contribution in [0.4, 0.5) is 0 Å². The number of sulfonamides is 1. The molecule has 1 N–H and O–H groups in total. The first-order valence-electron chi connectivity index (χ1n) is 6.23. The van der Waals surface area contributed by atoms with E-state index in [1.54, 1.807) is 4.31 Å². The predicted octanol–water partition coefficient (Wildman–Crippen LogP) is 1.06. The van der Waals surface area contributed by atoms with Gasteiger partial charge in [0.15, 0.2) is 0 Å². The van der Waals surface area contributed by atoms with Gasteiger partial charge in [-0.1, -0.05) is 0 Å². The van der Waals surface area contributed by atoms with Crippen LogP contribution in [0.25, 0.3) is 0 Å². The molecule has 6 heteroatoms. The van der Waals surface area contributed by atoms with Crippen LogP contribution in [0.15, 0.2) is 0 Å². The summed E-state index contributed by atoms with van der Waals surface area (Å²) in [5, 5.41) is 8.53. The lowest BCUT2D eigenvalue weighted by Gasteiger charge is -2.29. The molecule has 1 heterocycles. The van der Waals surface area contributed by atoms with Crippen molar-refractivity contribution in [2.24, 2.45) is 5.92 Å². The van der Waals surface area contributed by atoms with Crippen LogP contribution in [0.1, 0.15) is 38.5 Å². The van der Waals surface area contributed by atoms with Gasteiger partial charge in [0.1, 0.15) is 0 Å². The molecule has 0 unspecified atom stereocenters. The molecule has 0 bridgehead atoms. The van der Waals surface area contributed by atoms with Crippen molar-refractivity contribution in [2.75, 3.05) is 13.1 Å². The summed E-state index contributed by atoms with van der Waals surface area (Å²) >= 11 is 0. The number of carbonyl (C=O) groups is 1. The zero-order valence-corrected chi connectivity index (χ0v) is 10.7. The molecule has 0 atom stereocenters. The van der Waals surface area contributed by atoms with Crippen LogP contribution in [0.2, 0.25) is 0 Å². The van der Waals surface area contributed by atoms with Gasteiger partial charge in [0, 0.05) is 13.1 Å². The molecular formula is C11H19NO4S. The highest BCUT2D eigenvalue weighted by molar-refractivity contribution is 7.89. The molecule has 0 aromatic rings. The van der Waals surface area contributed by atoms with E-state index in [4.69, 9.17) is 5.11 Å². The number of nitrogens with zero attached hydrogens (tertiary/aromatic N) is 1. The summed E-state index contributed by atoms with van der Waals surface area (Å²) in [5.74, 6) is -1.14. The number of carboxylic acids is 1. The molecule has 0 aromatic heterocycles. The second-order valence-electron chi connectivity index (χ2n) is 4.96. The number of hydrogen-bond donors (Lipinski definition) is 1. The lowest BCUT2D eigenvalue weighted by molar-refractivity contribution is -0.142. The summed E-state index contributed by atoms with van der Waals surface area (Å²) < 4.78 is 26.1. The lowest BCUT2D eigenvalue weighted by atomic mass is 9.89. The Morgan fingerprint density at radius 3 is 2.06 bits per heavy atom. The summed E-state index contributed by atoms with van der Waals surface area (Å²) in [6.45, 7) is 1.28. The fourth-order valence-corrected chi connectivity index (χ4v) is 4.82. The zero-order chi connectivity index (χ0) is 12.5. The van der Waals surface area contributed by atoms with Gasteiger partial charge in [0.05, 0.1) is 11.2 Å². The maximum atomic E-state index is 12.2. The highest BCUT2D eigenvalue weighted by Gasteiger charge is 2.37. The first-order valence-corrected chi connectivity index (χ1v) is 7.74. The molecule has 1 aliphatic heterocycles. The molecule has 0 amide bonds. The van der Waals surface area contributed by atoms with Gasteiger partial charge < -0.3 is 5.11 Å². The molecule has 0 spiro atoms. The maximum Gasteiger partial charge on any atom is 0.306 e. The second-order valence-corrected chi connectivity index (χ2v) is 7.18. The third-order valence-electron chi connectivity index (χ3n) is 3.87. The molecular weight excluding hydrogens is 242 g/mol. The van der Waals surface area contributed by atoms with Gasteiger partial charge in [-0.15, -0.1) is 0 Å². The number of rotatable bonds is 3. The molecule has 1 saturated heterocycles. The summed E-state index contributed by atoms with van der Waals surface area (Å²) in [6.07, 6.45) is 3.87. The minimum atomic E-state index is -3.17. The Morgan fingerprint density at radius 2 is 1.59 bits per heavy atom. The molecule has 98 valence electrons. The molecule has 2 fully saturated rings. The van der Waals surface area contributed by atoms with Gasteiger partial charge in [-0.05, 0) is 38.5 Å². The molecule has 1 aliphatic carbocycles. The fourth-order valence-electron chi connectivity index (χ4n) is 2.76. The maximum absolute atomic E-state index is 12.2. The number of carboxylic acid groups (broad SMARTS) is 1. The number of aliphatic carboxylic acids is 1. The molecule has 0 aromatic carbocycles. The zero-order valence-electron chi connectivity index (χ0n) is 9.84. The third-order valence-corrected chi connectivity index (χ3v) is 6.27. The Morgan fingerprint density at radius 1 is 1.06 bits per heavy atom. The molecule has 2 aliphatic rings. The average Bonchev–Trinajstić information content (AvgIpc) is 2.83. The fraction of sp³-hybridized carbons (Fsp3) is 0.909. The molecule has 5 nitrogen and oxygen atoms in total. The van der Waals surface area contributed by atoms with Gasteiger partial charge in [-0.3, -0.25) is 4.79 Å². The Bertz CT molecular complexity index is 378. The Balaban J connectivity index is 1.98. The SMILES string of the molecule is O=C(O)C1CCC(S(=O)(=O)N2CCCC2)CC1. The summed E-state index contributed by atoms with van der Waals surface area (Å²) in [6, 6.07) is 0. The Kier molecular flexibility index (Phi) is 3.73.